The van der Waals surface area contributed by atoms with Crippen molar-refractivity contribution in [3.05, 3.63) is 76.9 Å². The number of benzene rings is 2. The maximum Gasteiger partial charge on any atom is 0.423 e. The third-order valence-corrected chi connectivity index (χ3v) is 3.27. The lowest BCUT2D eigenvalue weighted by Gasteiger charge is -2.06. The molecule has 2 rings (SSSR count). The first kappa shape index (κ1) is 21.3. The predicted octanol–water partition coefficient (Wildman–Crippen LogP) is 1.83. The zero-order chi connectivity index (χ0) is 22.6. The Labute approximate surface area is 162 Å². The van der Waals surface area contributed by atoms with Gasteiger partial charge in [0.25, 0.3) is 11.4 Å². The van der Waals surface area contributed by atoms with Crippen molar-refractivity contribution in [3.8, 4) is 11.5 Å². The summed E-state index contributed by atoms with van der Waals surface area (Å²) in [5, 5.41) is 43.4. The number of esters is 2. The van der Waals surface area contributed by atoms with Gasteiger partial charge < -0.3 is 9.47 Å². The molecule has 0 aliphatic heterocycles. The molecule has 30 heavy (non-hydrogen) atoms. The minimum Gasteiger partial charge on any atom is -0.410 e. The van der Waals surface area contributed by atoms with Crippen LogP contribution in [0.15, 0.2) is 36.4 Å². The van der Waals surface area contributed by atoms with E-state index < -0.39 is 65.9 Å². The quantitative estimate of drug-likeness (QED) is 0.213. The van der Waals surface area contributed by atoms with E-state index in [2.05, 4.69) is 9.47 Å². The number of rotatable bonds is 6. The second-order valence-corrected chi connectivity index (χ2v) is 5.11. The topological polar surface area (TPSA) is 225 Å². The summed E-state index contributed by atoms with van der Waals surface area (Å²) in [6, 6.07) is 3.80. The van der Waals surface area contributed by atoms with Gasteiger partial charge in [-0.15, -0.1) is 0 Å². The Kier molecular flexibility index (Phi) is 5.91. The first-order chi connectivity index (χ1) is 14.0. The first-order valence-electron chi connectivity index (χ1n) is 7.31. The van der Waals surface area contributed by atoms with Crippen LogP contribution in [-0.4, -0.2) is 31.6 Å². The molecule has 0 unspecified atom stereocenters. The molecule has 0 amide bonds. The number of nitro groups is 4. The molecule has 0 N–H and O–H groups in total. The molecule has 0 saturated heterocycles. The molecule has 0 aliphatic carbocycles. The fourth-order valence-electron chi connectivity index (χ4n) is 1.98. The molecule has 2 aromatic rings. The molecule has 0 aliphatic rings. The molecule has 0 bridgehead atoms. The van der Waals surface area contributed by atoms with Gasteiger partial charge in [-0.1, -0.05) is 0 Å². The third-order valence-electron chi connectivity index (χ3n) is 3.27. The summed E-state index contributed by atoms with van der Waals surface area (Å²) in [6.45, 7) is 0. The van der Waals surface area contributed by atoms with Crippen LogP contribution in [0.3, 0.4) is 0 Å². The summed E-state index contributed by atoms with van der Waals surface area (Å²) < 4.78 is 8.89. The first-order valence-corrected chi connectivity index (χ1v) is 7.31. The average molecular weight is 422 g/mol. The molecule has 0 atom stereocenters. The zero-order valence-electron chi connectivity index (χ0n) is 14.2. The van der Waals surface area contributed by atoms with Crippen molar-refractivity contribution >= 4 is 34.7 Å². The Hall–Kier alpha value is -5.02. The molecule has 0 saturated carbocycles. The van der Waals surface area contributed by atoms with Crippen LogP contribution in [-0.2, 0) is 9.59 Å². The van der Waals surface area contributed by atoms with Gasteiger partial charge in [0.2, 0.25) is 11.5 Å². The van der Waals surface area contributed by atoms with Crippen LogP contribution >= 0.6 is 0 Å². The van der Waals surface area contributed by atoms with Gasteiger partial charge in [0.15, 0.2) is 0 Å². The number of hydrogen-bond donors (Lipinski definition) is 0. The van der Waals surface area contributed by atoms with Crippen molar-refractivity contribution in [2.75, 3.05) is 0 Å². The van der Waals surface area contributed by atoms with E-state index in [0.717, 1.165) is 12.1 Å². The van der Waals surface area contributed by atoms with E-state index in [1.807, 2.05) is 0 Å². The maximum atomic E-state index is 11.9. The minimum atomic E-state index is -1.93. The van der Waals surface area contributed by atoms with Crippen LogP contribution in [0.25, 0.3) is 0 Å². The van der Waals surface area contributed by atoms with E-state index in [9.17, 15) is 50.0 Å². The molecule has 2 aromatic carbocycles. The van der Waals surface area contributed by atoms with Gasteiger partial charge in [-0.05, 0) is 0 Å². The molecule has 0 fully saturated rings. The van der Waals surface area contributed by atoms with Crippen LogP contribution in [0.4, 0.5) is 22.7 Å². The molecule has 0 heterocycles. The van der Waals surface area contributed by atoms with Gasteiger partial charge in [-0.2, -0.15) is 0 Å². The molecule has 154 valence electrons. The summed E-state index contributed by atoms with van der Waals surface area (Å²) in [4.78, 5) is 63.2. The van der Waals surface area contributed by atoms with Gasteiger partial charge >= 0.3 is 23.3 Å². The Morgan fingerprint density at radius 3 is 1.20 bits per heavy atom. The van der Waals surface area contributed by atoms with Crippen LogP contribution in [0.5, 0.6) is 11.5 Å². The molecule has 0 radical (unpaired) electrons. The van der Waals surface area contributed by atoms with Crippen LogP contribution in [0.2, 0.25) is 0 Å². The predicted molar refractivity (Wildman–Crippen MR) is 90.8 cm³/mol. The highest BCUT2D eigenvalue weighted by molar-refractivity contribution is 6.31. The molecule has 16 nitrogen and oxygen atoms in total. The Balaban J connectivity index is 2.33. The second kappa shape index (κ2) is 8.33. The maximum absolute atomic E-state index is 11.9. The lowest BCUT2D eigenvalue weighted by molar-refractivity contribution is -0.389. The van der Waals surface area contributed by atoms with E-state index in [0.29, 0.717) is 24.3 Å². The second-order valence-electron chi connectivity index (χ2n) is 5.11. The fraction of sp³-hybridized carbons (Fsp3) is 0. The minimum absolute atomic E-state index is 0.499. The number of nitro benzene ring substituents is 4. The molecule has 16 heteroatoms. The number of carbonyl (C=O) groups is 2. The summed E-state index contributed by atoms with van der Waals surface area (Å²) in [6.07, 6.45) is 0. The van der Waals surface area contributed by atoms with E-state index in [1.54, 1.807) is 0 Å². The normalized spacial score (nSPS) is 10.0. The number of nitrogens with zero attached hydrogens (tertiary/aromatic N) is 4. The lowest BCUT2D eigenvalue weighted by atomic mass is 10.2. The Morgan fingerprint density at radius 1 is 0.600 bits per heavy atom. The zero-order valence-corrected chi connectivity index (χ0v) is 14.2. The summed E-state index contributed by atoms with van der Waals surface area (Å²) in [5.41, 5.74) is -3.21. The fourth-order valence-corrected chi connectivity index (χ4v) is 1.98. The van der Waals surface area contributed by atoms with Crippen molar-refractivity contribution in [2.45, 2.75) is 0 Å². The summed E-state index contributed by atoms with van der Waals surface area (Å²) in [5.74, 6) is -5.80. The van der Waals surface area contributed by atoms with Crippen molar-refractivity contribution < 1.29 is 38.8 Å². The standard InChI is InChI=1S/C14H6N4O12/c19-13(29-11-5-7(15(21)22)1-3-9(11)17(25)26)14(20)30-12-6-8(16(23)24)2-4-10(12)18(27)28/h1-6H. The number of carbonyl (C=O) groups excluding carboxylic acids is 2. The Morgan fingerprint density at radius 2 is 0.933 bits per heavy atom. The van der Waals surface area contributed by atoms with E-state index >= 15 is 0 Å². The average Bonchev–Trinajstić information content (AvgIpc) is 2.67. The van der Waals surface area contributed by atoms with Gasteiger partial charge in [0, 0.05) is 24.3 Å². The van der Waals surface area contributed by atoms with E-state index in [1.165, 1.54) is 0 Å². The van der Waals surface area contributed by atoms with Crippen LogP contribution in [0.1, 0.15) is 0 Å². The monoisotopic (exact) mass is 422 g/mol. The third kappa shape index (κ3) is 4.63. The number of non-ortho nitro benzene ring substituents is 2. The van der Waals surface area contributed by atoms with Gasteiger partial charge in [-0.3, -0.25) is 40.5 Å². The van der Waals surface area contributed by atoms with Gasteiger partial charge in [0.1, 0.15) is 0 Å². The van der Waals surface area contributed by atoms with Crippen molar-refractivity contribution in [2.24, 2.45) is 0 Å². The van der Waals surface area contributed by atoms with Crippen molar-refractivity contribution in [1.82, 2.24) is 0 Å². The summed E-state index contributed by atoms with van der Waals surface area (Å²) >= 11 is 0. The lowest BCUT2D eigenvalue weighted by Crippen LogP contribution is -2.26. The van der Waals surface area contributed by atoms with Gasteiger partial charge in [-0.25, -0.2) is 9.59 Å². The highest BCUT2D eigenvalue weighted by Crippen LogP contribution is 2.33. The number of ether oxygens (including phenoxy) is 2. The molecule has 0 spiro atoms. The van der Waals surface area contributed by atoms with Crippen LogP contribution < -0.4 is 9.47 Å². The highest BCUT2D eigenvalue weighted by atomic mass is 16.7. The molecule has 0 aromatic heterocycles. The van der Waals surface area contributed by atoms with E-state index in [-0.39, 0.29) is 0 Å². The van der Waals surface area contributed by atoms with Gasteiger partial charge in [0.05, 0.1) is 31.8 Å². The number of hydrogen-bond acceptors (Lipinski definition) is 12. The molecular formula is C14H6N4O12. The molecular weight excluding hydrogens is 416 g/mol. The van der Waals surface area contributed by atoms with Crippen molar-refractivity contribution in [1.29, 1.82) is 0 Å². The van der Waals surface area contributed by atoms with E-state index in [4.69, 9.17) is 0 Å². The SMILES string of the molecule is O=C(Oc1cc([N+](=O)[O-])ccc1[N+](=O)[O-])C(=O)Oc1cc([N+](=O)[O-])ccc1[N+](=O)[O-]. The smallest absolute Gasteiger partial charge is 0.410 e. The van der Waals surface area contributed by atoms with Crippen molar-refractivity contribution in [3.63, 3.8) is 0 Å². The largest absolute Gasteiger partial charge is 0.423 e. The highest BCUT2D eigenvalue weighted by Gasteiger charge is 2.29. The Bertz CT molecular complexity index is 1020. The van der Waals surface area contributed by atoms with Crippen LogP contribution in [0, 0.1) is 40.5 Å². The summed E-state index contributed by atoms with van der Waals surface area (Å²) in [7, 11) is 0.